The molecule has 0 heterocycles. The van der Waals surface area contributed by atoms with Gasteiger partial charge in [-0.05, 0) is 61.8 Å². The average molecular weight is 463 g/mol. The molecule has 34 heavy (non-hydrogen) atoms. The number of amides is 2. The Bertz CT molecular complexity index is 895. The zero-order valence-electron chi connectivity index (χ0n) is 21.0. The van der Waals surface area contributed by atoms with Crippen molar-refractivity contribution in [2.45, 2.75) is 79.1 Å². The molecule has 6 nitrogen and oxygen atoms in total. The lowest BCUT2D eigenvalue weighted by atomic mass is 10.1. The van der Waals surface area contributed by atoms with Crippen LogP contribution in [0.15, 0.2) is 58.7 Å². The summed E-state index contributed by atoms with van der Waals surface area (Å²) in [4.78, 5) is 24.1. The molecule has 6 heteroatoms. The summed E-state index contributed by atoms with van der Waals surface area (Å²) in [7, 11) is 0. The van der Waals surface area contributed by atoms with Crippen LogP contribution in [0.1, 0.15) is 88.5 Å². The Hall–Kier alpha value is -3.28. The molecule has 0 radical (unpaired) electrons. The molecule has 2 aromatic rings. The highest BCUT2D eigenvalue weighted by molar-refractivity contribution is 5.99. The summed E-state index contributed by atoms with van der Waals surface area (Å²) in [5.74, 6) is -0.300. The molecule has 2 N–H and O–H groups in total. The van der Waals surface area contributed by atoms with Gasteiger partial charge in [-0.25, -0.2) is 10.9 Å². The monoisotopic (exact) mass is 462 g/mol. The summed E-state index contributed by atoms with van der Waals surface area (Å²) in [5, 5.41) is 8.39. The normalized spacial score (nSPS) is 11.9. The lowest BCUT2D eigenvalue weighted by Crippen LogP contribution is -2.20. The topological polar surface area (TPSA) is 82.9 Å². The number of nitrogens with zero attached hydrogens (tertiary/aromatic N) is 2. The second-order valence-electron chi connectivity index (χ2n) is 8.57. The van der Waals surface area contributed by atoms with Gasteiger partial charge in [-0.3, -0.25) is 9.59 Å². The highest BCUT2D eigenvalue weighted by Crippen LogP contribution is 2.09. The number of unbranched alkanes of at least 4 members (excludes halogenated alkanes) is 1. The van der Waals surface area contributed by atoms with Crippen LogP contribution in [-0.4, -0.2) is 23.2 Å². The summed E-state index contributed by atoms with van der Waals surface area (Å²) >= 11 is 0. The number of hydrazone groups is 2. The fraction of sp³-hybridized carbons (Fsp3) is 0.429. The van der Waals surface area contributed by atoms with E-state index in [9.17, 15) is 9.59 Å². The van der Waals surface area contributed by atoms with Gasteiger partial charge in [-0.2, -0.15) is 10.2 Å². The van der Waals surface area contributed by atoms with Crippen LogP contribution >= 0.6 is 0 Å². The first-order valence-electron chi connectivity index (χ1n) is 12.3. The van der Waals surface area contributed by atoms with Gasteiger partial charge in [-0.15, -0.1) is 0 Å². The van der Waals surface area contributed by atoms with Gasteiger partial charge in [0.2, 0.25) is 11.8 Å². The van der Waals surface area contributed by atoms with Crippen molar-refractivity contribution in [1.29, 1.82) is 0 Å². The van der Waals surface area contributed by atoms with Gasteiger partial charge in [0, 0.05) is 12.8 Å². The summed E-state index contributed by atoms with van der Waals surface area (Å²) in [6.07, 6.45) is 6.23. The minimum absolute atomic E-state index is 0.150. The summed E-state index contributed by atoms with van der Waals surface area (Å²) in [6.45, 7) is 8.07. The summed E-state index contributed by atoms with van der Waals surface area (Å²) in [5.41, 5.74) is 11.3. The molecular weight excluding hydrogens is 424 g/mol. The van der Waals surface area contributed by atoms with E-state index in [0.717, 1.165) is 48.2 Å². The highest BCUT2D eigenvalue weighted by Gasteiger charge is 2.05. The number of nitrogens with one attached hydrogen (secondary N) is 2. The van der Waals surface area contributed by atoms with E-state index in [1.54, 1.807) is 0 Å². The average Bonchev–Trinajstić information content (AvgIpc) is 2.85. The lowest BCUT2D eigenvalue weighted by Gasteiger charge is -2.05. The molecule has 0 bridgehead atoms. The zero-order valence-corrected chi connectivity index (χ0v) is 21.0. The van der Waals surface area contributed by atoms with Crippen molar-refractivity contribution >= 4 is 23.2 Å². The number of hydrogen-bond acceptors (Lipinski definition) is 4. The third-order valence-corrected chi connectivity index (χ3v) is 5.58. The van der Waals surface area contributed by atoms with E-state index in [1.807, 2.05) is 38.1 Å². The number of hydrogen-bond donors (Lipinski definition) is 2. The third-order valence-electron chi connectivity index (χ3n) is 5.58. The molecular formula is C28H38N4O2. The predicted molar refractivity (Wildman–Crippen MR) is 140 cm³/mol. The largest absolute Gasteiger partial charge is 0.273 e. The molecule has 0 aliphatic rings. The zero-order chi connectivity index (χ0) is 24.8. The van der Waals surface area contributed by atoms with Gasteiger partial charge in [0.05, 0.1) is 11.4 Å². The molecule has 0 fully saturated rings. The molecule has 0 aliphatic heterocycles. The van der Waals surface area contributed by atoms with Crippen molar-refractivity contribution in [2.75, 3.05) is 0 Å². The lowest BCUT2D eigenvalue weighted by molar-refractivity contribution is -0.123. The summed E-state index contributed by atoms with van der Waals surface area (Å²) in [6, 6.07) is 16.5. The van der Waals surface area contributed by atoms with Gasteiger partial charge in [-0.1, -0.05) is 75.2 Å². The van der Waals surface area contributed by atoms with Crippen LogP contribution in [0.4, 0.5) is 0 Å². The van der Waals surface area contributed by atoms with E-state index in [0.29, 0.717) is 25.7 Å². The van der Waals surface area contributed by atoms with Gasteiger partial charge >= 0.3 is 0 Å². The van der Waals surface area contributed by atoms with E-state index < -0.39 is 0 Å². The van der Waals surface area contributed by atoms with Crippen molar-refractivity contribution in [1.82, 2.24) is 10.9 Å². The van der Waals surface area contributed by atoms with Crippen molar-refractivity contribution < 1.29 is 9.59 Å². The molecule has 2 rings (SSSR count). The number of benzene rings is 2. The van der Waals surface area contributed by atoms with E-state index in [4.69, 9.17) is 0 Å². The SMILES string of the molecule is CCCc1ccc(C(C)=NNC(=O)CCCCC(=O)NN=C(C)c2ccc(CCC)cc2)cc1. The van der Waals surface area contributed by atoms with E-state index in [-0.39, 0.29) is 11.8 Å². The molecule has 182 valence electrons. The van der Waals surface area contributed by atoms with Crippen molar-refractivity contribution in [2.24, 2.45) is 10.2 Å². The van der Waals surface area contributed by atoms with E-state index in [1.165, 1.54) is 11.1 Å². The minimum Gasteiger partial charge on any atom is -0.273 e. The van der Waals surface area contributed by atoms with Crippen LogP contribution in [0.5, 0.6) is 0 Å². The number of carbonyl (C=O) groups excluding carboxylic acids is 2. The maximum Gasteiger partial charge on any atom is 0.240 e. The van der Waals surface area contributed by atoms with Crippen LogP contribution < -0.4 is 10.9 Å². The maximum atomic E-state index is 12.1. The standard InChI is InChI=1S/C28H38N4O2/c1-5-9-23-13-17-25(18-14-23)21(3)29-31-27(33)11-7-8-12-28(34)32-30-22(4)26-19-15-24(10-6-2)16-20-26/h13-20H,5-12H2,1-4H3,(H,31,33)(H,32,34). The van der Waals surface area contributed by atoms with Crippen molar-refractivity contribution in [3.63, 3.8) is 0 Å². The first-order valence-corrected chi connectivity index (χ1v) is 12.3. The quantitative estimate of drug-likeness (QED) is 0.233. The Morgan fingerprint density at radius 2 is 1.00 bits per heavy atom. The van der Waals surface area contributed by atoms with Gasteiger partial charge < -0.3 is 0 Å². The fourth-order valence-corrected chi connectivity index (χ4v) is 3.51. The number of aryl methyl sites for hydroxylation is 2. The second-order valence-corrected chi connectivity index (χ2v) is 8.57. The first-order chi connectivity index (χ1) is 16.4. The Kier molecular flexibility index (Phi) is 11.7. The Morgan fingerprint density at radius 1 is 0.647 bits per heavy atom. The van der Waals surface area contributed by atoms with Gasteiger partial charge in [0.1, 0.15) is 0 Å². The molecule has 0 saturated carbocycles. The van der Waals surface area contributed by atoms with Crippen molar-refractivity contribution in [3.05, 3.63) is 70.8 Å². The molecule has 2 amide bonds. The Labute approximate surface area is 203 Å². The molecule has 0 unspecified atom stereocenters. The Morgan fingerprint density at radius 3 is 1.32 bits per heavy atom. The molecule has 2 aromatic carbocycles. The number of carbonyl (C=O) groups is 2. The van der Waals surface area contributed by atoms with E-state index in [2.05, 4.69) is 59.2 Å². The van der Waals surface area contributed by atoms with Crippen LogP contribution in [0.3, 0.4) is 0 Å². The fourth-order valence-electron chi connectivity index (χ4n) is 3.51. The Balaban J connectivity index is 1.67. The van der Waals surface area contributed by atoms with Gasteiger partial charge in [0.25, 0.3) is 0 Å². The van der Waals surface area contributed by atoms with Crippen LogP contribution in [-0.2, 0) is 22.4 Å². The molecule has 0 aromatic heterocycles. The molecule has 0 saturated heterocycles. The van der Waals surface area contributed by atoms with E-state index >= 15 is 0 Å². The van der Waals surface area contributed by atoms with Crippen LogP contribution in [0.2, 0.25) is 0 Å². The predicted octanol–water partition coefficient (Wildman–Crippen LogP) is 5.53. The van der Waals surface area contributed by atoms with Crippen molar-refractivity contribution in [3.8, 4) is 0 Å². The summed E-state index contributed by atoms with van der Waals surface area (Å²) < 4.78 is 0. The van der Waals surface area contributed by atoms with Crippen LogP contribution in [0, 0.1) is 0 Å². The van der Waals surface area contributed by atoms with Crippen LogP contribution in [0.25, 0.3) is 0 Å². The molecule has 0 spiro atoms. The van der Waals surface area contributed by atoms with Gasteiger partial charge in [0.15, 0.2) is 0 Å². The second kappa shape index (κ2) is 14.8. The molecule has 0 aliphatic carbocycles. The third kappa shape index (κ3) is 9.69. The molecule has 0 atom stereocenters. The smallest absolute Gasteiger partial charge is 0.240 e. The highest BCUT2D eigenvalue weighted by atomic mass is 16.2. The number of rotatable bonds is 13. The first kappa shape index (κ1) is 27.0. The minimum atomic E-state index is -0.150. The maximum absolute atomic E-state index is 12.1.